The number of nitrogens with one attached hydrogen (secondary N) is 1. The third-order valence-electron chi connectivity index (χ3n) is 3.95. The van der Waals surface area contributed by atoms with Crippen molar-refractivity contribution >= 4 is 0 Å². The molecule has 21 heavy (non-hydrogen) atoms. The summed E-state index contributed by atoms with van der Waals surface area (Å²) in [6.45, 7) is 19.5. The lowest BCUT2D eigenvalue weighted by Gasteiger charge is -2.35. The molecule has 0 spiro atoms. The molecule has 0 bridgehead atoms. The van der Waals surface area contributed by atoms with Crippen molar-refractivity contribution in [2.75, 3.05) is 59.2 Å². The van der Waals surface area contributed by atoms with E-state index in [4.69, 9.17) is 9.47 Å². The van der Waals surface area contributed by atoms with E-state index in [0.717, 1.165) is 59.2 Å². The van der Waals surface area contributed by atoms with Crippen molar-refractivity contribution in [3.05, 3.63) is 0 Å². The van der Waals surface area contributed by atoms with E-state index in [0.29, 0.717) is 5.41 Å². The van der Waals surface area contributed by atoms with Gasteiger partial charge in [-0.1, -0.05) is 20.8 Å². The van der Waals surface area contributed by atoms with Crippen LogP contribution in [0.25, 0.3) is 0 Å². The molecule has 0 fully saturated rings. The van der Waals surface area contributed by atoms with Crippen molar-refractivity contribution in [2.24, 2.45) is 5.41 Å². The second-order valence-corrected chi connectivity index (χ2v) is 6.01. The van der Waals surface area contributed by atoms with E-state index in [9.17, 15) is 0 Å². The molecule has 0 radical (unpaired) electrons. The van der Waals surface area contributed by atoms with Crippen molar-refractivity contribution in [3.63, 3.8) is 0 Å². The maximum Gasteiger partial charge on any atom is 0.0593 e. The molecule has 1 N–H and O–H groups in total. The second-order valence-electron chi connectivity index (χ2n) is 6.01. The fourth-order valence-electron chi connectivity index (χ4n) is 2.35. The number of rotatable bonds is 15. The first kappa shape index (κ1) is 20.8. The Bertz CT molecular complexity index is 217. The van der Waals surface area contributed by atoms with Crippen molar-refractivity contribution in [1.29, 1.82) is 0 Å². The number of ether oxygens (including phenoxy) is 2. The minimum atomic E-state index is 0.313. The summed E-state index contributed by atoms with van der Waals surface area (Å²) in [5, 5.41) is 3.58. The third kappa shape index (κ3) is 11.1. The monoisotopic (exact) mass is 302 g/mol. The summed E-state index contributed by atoms with van der Waals surface area (Å²) in [6.07, 6.45) is 2.38. The number of hydrogen-bond acceptors (Lipinski definition) is 4. The minimum Gasteiger partial charge on any atom is -0.380 e. The molecule has 0 saturated carbocycles. The lowest BCUT2D eigenvalue weighted by molar-refractivity contribution is 0.0607. The van der Waals surface area contributed by atoms with Crippen LogP contribution in [0.3, 0.4) is 0 Å². The summed E-state index contributed by atoms with van der Waals surface area (Å²) in [4.78, 5) is 2.49. The highest BCUT2D eigenvalue weighted by Gasteiger charge is 2.24. The molecular weight excluding hydrogens is 264 g/mol. The Hall–Kier alpha value is -0.160. The van der Waals surface area contributed by atoms with E-state index in [1.165, 1.54) is 12.8 Å². The molecule has 128 valence electrons. The van der Waals surface area contributed by atoms with Gasteiger partial charge >= 0.3 is 0 Å². The molecule has 4 nitrogen and oxygen atoms in total. The quantitative estimate of drug-likeness (QED) is 0.472. The van der Waals surface area contributed by atoms with Crippen molar-refractivity contribution in [1.82, 2.24) is 10.2 Å². The topological polar surface area (TPSA) is 33.7 Å². The average molecular weight is 303 g/mol. The van der Waals surface area contributed by atoms with Crippen LogP contribution in [0, 0.1) is 5.41 Å². The zero-order valence-electron chi connectivity index (χ0n) is 15.0. The summed E-state index contributed by atoms with van der Waals surface area (Å²) in [6, 6.07) is 0. The van der Waals surface area contributed by atoms with Gasteiger partial charge in [0, 0.05) is 39.4 Å². The van der Waals surface area contributed by atoms with Gasteiger partial charge in [0.05, 0.1) is 13.2 Å². The third-order valence-corrected chi connectivity index (χ3v) is 3.95. The Labute approximate surface area is 132 Å². The Balaban J connectivity index is 4.33. The van der Waals surface area contributed by atoms with E-state index in [-0.39, 0.29) is 0 Å². The van der Waals surface area contributed by atoms with E-state index in [1.54, 1.807) is 0 Å². The number of nitrogens with zero attached hydrogens (tertiary/aromatic N) is 1. The fraction of sp³-hybridized carbons (Fsp3) is 1.00. The zero-order chi connectivity index (χ0) is 16.0. The standard InChI is InChI=1S/C17H38N2O2/c1-6-10-18-15-17(5,7-2)16-19(11-13-20-8-3)12-14-21-9-4/h18H,6-16H2,1-5H3. The SMILES string of the molecule is CCCNCC(C)(CC)CN(CCOCC)CCOCC. The molecule has 4 heteroatoms. The maximum absolute atomic E-state index is 5.52. The van der Waals surface area contributed by atoms with Gasteiger partial charge in [0.2, 0.25) is 0 Å². The van der Waals surface area contributed by atoms with Gasteiger partial charge in [-0.2, -0.15) is 0 Å². The van der Waals surface area contributed by atoms with Crippen LogP contribution in [0.2, 0.25) is 0 Å². The van der Waals surface area contributed by atoms with Crippen molar-refractivity contribution in [3.8, 4) is 0 Å². The van der Waals surface area contributed by atoms with E-state index in [1.807, 2.05) is 0 Å². The molecule has 0 amide bonds. The van der Waals surface area contributed by atoms with Crippen LogP contribution in [-0.2, 0) is 9.47 Å². The summed E-state index contributed by atoms with van der Waals surface area (Å²) >= 11 is 0. The van der Waals surface area contributed by atoms with Gasteiger partial charge in [-0.3, -0.25) is 4.90 Å². The molecule has 0 aliphatic carbocycles. The Morgan fingerprint density at radius 2 is 1.52 bits per heavy atom. The molecule has 0 aromatic rings. The van der Waals surface area contributed by atoms with Crippen LogP contribution in [0.4, 0.5) is 0 Å². The van der Waals surface area contributed by atoms with Gasteiger partial charge in [0.15, 0.2) is 0 Å². The summed E-state index contributed by atoms with van der Waals surface area (Å²) < 4.78 is 11.0. The Morgan fingerprint density at radius 1 is 0.952 bits per heavy atom. The normalized spacial score (nSPS) is 14.6. The minimum absolute atomic E-state index is 0.313. The van der Waals surface area contributed by atoms with Gasteiger partial charge in [-0.15, -0.1) is 0 Å². The predicted molar refractivity (Wildman–Crippen MR) is 91.0 cm³/mol. The number of hydrogen-bond donors (Lipinski definition) is 1. The molecule has 0 rings (SSSR count). The molecule has 0 aliphatic heterocycles. The first-order chi connectivity index (χ1) is 10.1. The van der Waals surface area contributed by atoms with Gasteiger partial charge in [0.1, 0.15) is 0 Å². The molecule has 0 aromatic carbocycles. The van der Waals surface area contributed by atoms with Gasteiger partial charge in [-0.05, 0) is 38.6 Å². The highest BCUT2D eigenvalue weighted by molar-refractivity contribution is 4.80. The van der Waals surface area contributed by atoms with Crippen LogP contribution in [-0.4, -0.2) is 64.1 Å². The first-order valence-corrected chi connectivity index (χ1v) is 8.70. The summed E-state index contributed by atoms with van der Waals surface area (Å²) in [5.74, 6) is 0. The highest BCUT2D eigenvalue weighted by atomic mass is 16.5. The largest absolute Gasteiger partial charge is 0.380 e. The molecule has 0 heterocycles. The average Bonchev–Trinajstić information content (AvgIpc) is 2.48. The maximum atomic E-state index is 5.52. The van der Waals surface area contributed by atoms with Crippen LogP contribution < -0.4 is 5.32 Å². The fourth-order valence-corrected chi connectivity index (χ4v) is 2.35. The van der Waals surface area contributed by atoms with Crippen LogP contribution in [0.5, 0.6) is 0 Å². The molecule has 0 saturated heterocycles. The predicted octanol–water partition coefficient (Wildman–Crippen LogP) is 2.78. The van der Waals surface area contributed by atoms with Crippen molar-refractivity contribution in [2.45, 2.75) is 47.5 Å². The van der Waals surface area contributed by atoms with E-state index < -0.39 is 0 Å². The van der Waals surface area contributed by atoms with Gasteiger partial charge in [-0.25, -0.2) is 0 Å². The zero-order valence-corrected chi connectivity index (χ0v) is 15.0. The molecule has 0 aliphatic rings. The van der Waals surface area contributed by atoms with Crippen molar-refractivity contribution < 1.29 is 9.47 Å². The smallest absolute Gasteiger partial charge is 0.0593 e. The summed E-state index contributed by atoms with van der Waals surface area (Å²) in [5.41, 5.74) is 0.313. The molecule has 1 atom stereocenters. The first-order valence-electron chi connectivity index (χ1n) is 8.70. The molecule has 0 aromatic heterocycles. The Morgan fingerprint density at radius 3 is 1.95 bits per heavy atom. The van der Waals surface area contributed by atoms with E-state index in [2.05, 4.69) is 44.8 Å². The van der Waals surface area contributed by atoms with Crippen LogP contribution in [0.1, 0.15) is 47.5 Å². The van der Waals surface area contributed by atoms with Gasteiger partial charge < -0.3 is 14.8 Å². The van der Waals surface area contributed by atoms with Crippen LogP contribution >= 0.6 is 0 Å². The Kier molecular flexibility index (Phi) is 13.4. The molecule has 1 unspecified atom stereocenters. The lowest BCUT2D eigenvalue weighted by Crippen LogP contribution is -2.44. The second kappa shape index (κ2) is 13.5. The van der Waals surface area contributed by atoms with Gasteiger partial charge in [0.25, 0.3) is 0 Å². The molecular formula is C17H38N2O2. The van der Waals surface area contributed by atoms with E-state index >= 15 is 0 Å². The highest BCUT2D eigenvalue weighted by Crippen LogP contribution is 2.21. The summed E-state index contributed by atoms with van der Waals surface area (Å²) in [7, 11) is 0. The van der Waals surface area contributed by atoms with Crippen LogP contribution in [0.15, 0.2) is 0 Å². The lowest BCUT2D eigenvalue weighted by atomic mass is 9.86.